The molecule has 0 spiro atoms. The Morgan fingerprint density at radius 1 is 1.86 bits per heavy atom. The number of thiol groups is 1. The van der Waals surface area contributed by atoms with Gasteiger partial charge in [-0.3, -0.25) is 4.79 Å². The maximum absolute atomic E-state index is 9.88. The van der Waals surface area contributed by atoms with Gasteiger partial charge in [-0.05, 0) is 0 Å². The largest absolute Gasteiger partial charge is 0.468 e. The van der Waals surface area contributed by atoms with Crippen LogP contribution in [-0.2, 0) is 9.53 Å². The van der Waals surface area contributed by atoms with E-state index in [4.69, 9.17) is 0 Å². The quantitative estimate of drug-likeness (QED) is 0.299. The van der Waals surface area contributed by atoms with Crippen LogP contribution in [0.25, 0.3) is 0 Å². The molecule has 4 heteroatoms. The van der Waals surface area contributed by atoms with Crippen LogP contribution in [0.1, 0.15) is 0 Å². The second-order valence-electron chi connectivity index (χ2n) is 0.734. The van der Waals surface area contributed by atoms with Gasteiger partial charge >= 0.3 is 5.97 Å². The van der Waals surface area contributed by atoms with Crippen LogP contribution < -0.4 is 0 Å². The van der Waals surface area contributed by atoms with Crippen LogP contribution in [0.2, 0.25) is 0 Å². The molecule has 0 fully saturated rings. The van der Waals surface area contributed by atoms with Crippen LogP contribution in [0, 0.1) is 0 Å². The van der Waals surface area contributed by atoms with Crippen molar-refractivity contribution < 1.29 is 9.53 Å². The molecule has 0 amide bonds. The van der Waals surface area contributed by atoms with Crippen LogP contribution >= 0.6 is 12.6 Å². The predicted octanol–water partition coefficient (Wildman–Crippen LogP) is -0.292. The molecule has 0 aliphatic rings. The Morgan fingerprint density at radius 3 is 2.29 bits per heavy atom. The fourth-order valence-electron chi connectivity index (χ4n) is 0.0645. The summed E-state index contributed by atoms with van der Waals surface area (Å²) in [5.41, 5.74) is 0. The van der Waals surface area contributed by atoms with Crippen LogP contribution in [0.15, 0.2) is 0 Å². The van der Waals surface area contributed by atoms with Gasteiger partial charge in [-0.2, -0.15) is 12.6 Å². The summed E-state index contributed by atoms with van der Waals surface area (Å²) in [6, 6.07) is 0. The van der Waals surface area contributed by atoms with Gasteiger partial charge in [0.15, 0.2) is 0 Å². The summed E-state index contributed by atoms with van der Waals surface area (Å²) >= 11 is 3.62. The van der Waals surface area contributed by atoms with Crippen molar-refractivity contribution in [2.75, 3.05) is 12.9 Å². The van der Waals surface area contributed by atoms with E-state index < -0.39 is 0 Å². The standard InChI is InChI=1S/C3H6O2S.Na/c1-5-3(4)2-6;/h6H,2H2,1H3;. The van der Waals surface area contributed by atoms with Crippen molar-refractivity contribution in [1.82, 2.24) is 0 Å². The third-order valence-electron chi connectivity index (χ3n) is 0.357. The fourth-order valence-corrected chi connectivity index (χ4v) is 0.194. The molecule has 0 bridgehead atoms. The van der Waals surface area contributed by atoms with Gasteiger partial charge in [0.1, 0.15) is 0 Å². The summed E-state index contributed by atoms with van der Waals surface area (Å²) in [7, 11) is 1.33. The summed E-state index contributed by atoms with van der Waals surface area (Å²) in [6.45, 7) is 0. The van der Waals surface area contributed by atoms with Crippen LogP contribution in [0.4, 0.5) is 0 Å². The normalized spacial score (nSPS) is 6.57. The third kappa shape index (κ3) is 6.82. The second-order valence-corrected chi connectivity index (χ2v) is 1.05. The zero-order valence-corrected chi connectivity index (χ0v) is 7.37. The Bertz CT molecular complexity index is 50.9. The number of ether oxygens (including phenoxy) is 1. The SMILES string of the molecule is COC(=O)CS.[Na]. The van der Waals surface area contributed by atoms with Crippen molar-refractivity contribution >= 4 is 48.2 Å². The topological polar surface area (TPSA) is 26.3 Å². The molecule has 0 saturated heterocycles. The fraction of sp³-hybridized carbons (Fsp3) is 0.667. The predicted molar refractivity (Wildman–Crippen MR) is 31.6 cm³/mol. The Labute approximate surface area is 70.3 Å². The van der Waals surface area contributed by atoms with E-state index >= 15 is 0 Å². The van der Waals surface area contributed by atoms with E-state index in [1.54, 1.807) is 0 Å². The number of hydrogen-bond donors (Lipinski definition) is 1. The number of hydrogen-bond acceptors (Lipinski definition) is 3. The second kappa shape index (κ2) is 6.82. The van der Waals surface area contributed by atoms with E-state index in [-0.39, 0.29) is 41.3 Å². The van der Waals surface area contributed by atoms with Gasteiger partial charge < -0.3 is 4.74 Å². The molecule has 0 aliphatic carbocycles. The zero-order valence-electron chi connectivity index (χ0n) is 4.47. The summed E-state index contributed by atoms with van der Waals surface area (Å²) < 4.78 is 4.18. The Hall–Kier alpha value is 0.820. The Balaban J connectivity index is 0. The van der Waals surface area contributed by atoms with Gasteiger partial charge in [-0.1, -0.05) is 0 Å². The minimum absolute atomic E-state index is 0. The molecule has 0 rings (SSSR count). The van der Waals surface area contributed by atoms with Crippen molar-refractivity contribution in [2.45, 2.75) is 0 Å². The minimum Gasteiger partial charge on any atom is -0.468 e. The van der Waals surface area contributed by atoms with E-state index in [0.29, 0.717) is 0 Å². The van der Waals surface area contributed by atoms with Gasteiger partial charge in [0, 0.05) is 29.6 Å². The van der Waals surface area contributed by atoms with Crippen molar-refractivity contribution in [3.8, 4) is 0 Å². The smallest absolute Gasteiger partial charge is 0.315 e. The maximum Gasteiger partial charge on any atom is 0.315 e. The first-order valence-corrected chi connectivity index (χ1v) is 2.12. The molecule has 7 heavy (non-hydrogen) atoms. The number of rotatable bonds is 1. The van der Waals surface area contributed by atoms with Crippen molar-refractivity contribution in [3.63, 3.8) is 0 Å². The third-order valence-corrected chi connectivity index (χ3v) is 0.615. The summed E-state index contributed by atoms with van der Waals surface area (Å²) in [5.74, 6) is -0.130. The van der Waals surface area contributed by atoms with E-state index in [0.717, 1.165) is 0 Å². The first kappa shape index (κ1) is 10.7. The molecule has 0 aromatic heterocycles. The minimum atomic E-state index is -0.293. The molecule has 0 aromatic carbocycles. The Kier molecular flexibility index (Phi) is 10.5. The van der Waals surface area contributed by atoms with Gasteiger partial charge in [0.05, 0.1) is 12.9 Å². The molecule has 0 unspecified atom stereocenters. The van der Waals surface area contributed by atoms with Crippen molar-refractivity contribution in [3.05, 3.63) is 0 Å². The van der Waals surface area contributed by atoms with E-state index in [2.05, 4.69) is 17.4 Å². The van der Waals surface area contributed by atoms with E-state index in [1.807, 2.05) is 0 Å². The number of esters is 1. The first-order chi connectivity index (χ1) is 2.81. The van der Waals surface area contributed by atoms with Crippen LogP contribution in [0.5, 0.6) is 0 Å². The van der Waals surface area contributed by atoms with Crippen LogP contribution in [-0.4, -0.2) is 48.4 Å². The monoisotopic (exact) mass is 129 g/mol. The number of carbonyl (C=O) groups excluding carboxylic acids is 1. The molecule has 2 nitrogen and oxygen atoms in total. The van der Waals surface area contributed by atoms with E-state index in [9.17, 15) is 4.79 Å². The molecule has 0 atom stereocenters. The molecular weight excluding hydrogens is 123 g/mol. The van der Waals surface area contributed by atoms with Gasteiger partial charge in [0.25, 0.3) is 0 Å². The van der Waals surface area contributed by atoms with E-state index in [1.165, 1.54) is 7.11 Å². The number of methoxy groups -OCH3 is 1. The average molecular weight is 129 g/mol. The number of carbonyl (C=O) groups is 1. The molecule has 37 valence electrons. The van der Waals surface area contributed by atoms with Gasteiger partial charge in [-0.15, -0.1) is 0 Å². The molecule has 0 heterocycles. The van der Waals surface area contributed by atoms with Gasteiger partial charge in [0.2, 0.25) is 0 Å². The average Bonchev–Trinajstić information content (AvgIpc) is 1.65. The molecule has 0 saturated carbocycles. The summed E-state index contributed by atoms with van der Waals surface area (Å²) in [5, 5.41) is 0. The summed E-state index contributed by atoms with van der Waals surface area (Å²) in [6.07, 6.45) is 0. The molecular formula is C3H6NaO2S. The molecule has 0 N–H and O–H groups in total. The van der Waals surface area contributed by atoms with Gasteiger partial charge in [-0.25, -0.2) is 0 Å². The molecule has 0 aliphatic heterocycles. The molecule has 1 radical (unpaired) electrons. The van der Waals surface area contributed by atoms with Crippen molar-refractivity contribution in [2.24, 2.45) is 0 Å². The van der Waals surface area contributed by atoms with Crippen LogP contribution in [0.3, 0.4) is 0 Å². The zero-order chi connectivity index (χ0) is 4.99. The Morgan fingerprint density at radius 2 is 2.29 bits per heavy atom. The maximum atomic E-state index is 9.88. The molecule has 0 aromatic rings. The van der Waals surface area contributed by atoms with Crippen molar-refractivity contribution in [1.29, 1.82) is 0 Å². The summed E-state index contributed by atoms with van der Waals surface area (Å²) in [4.78, 5) is 9.88. The first-order valence-electron chi connectivity index (χ1n) is 1.49.